The second-order valence-electron chi connectivity index (χ2n) is 3.84. The highest BCUT2D eigenvalue weighted by atomic mass is 19.4. The predicted molar refractivity (Wildman–Crippen MR) is 63.5 cm³/mol. The molecule has 0 aliphatic rings. The average molecular weight is 268 g/mol. The van der Waals surface area contributed by atoms with Gasteiger partial charge < -0.3 is 5.32 Å². The highest BCUT2D eigenvalue weighted by Crippen LogP contribution is 2.26. The van der Waals surface area contributed by atoms with Crippen molar-refractivity contribution >= 4 is 5.82 Å². The van der Waals surface area contributed by atoms with E-state index in [2.05, 4.69) is 20.5 Å². The maximum atomic E-state index is 12.3. The fourth-order valence-electron chi connectivity index (χ4n) is 1.46. The standard InChI is InChI=1S/C12H11F3N4/c13-12(14,15)10-3-4-11(19-18-10)17-7-5-9-2-1-6-16-8-9/h1-4,6,8H,5,7H2,(H,17,19). The van der Waals surface area contributed by atoms with Gasteiger partial charge in [-0.3, -0.25) is 4.98 Å². The van der Waals surface area contributed by atoms with E-state index in [1.807, 2.05) is 12.1 Å². The second kappa shape index (κ2) is 5.64. The molecule has 2 rings (SSSR count). The molecule has 0 saturated heterocycles. The van der Waals surface area contributed by atoms with Crippen molar-refractivity contribution in [3.05, 3.63) is 47.9 Å². The zero-order valence-electron chi connectivity index (χ0n) is 9.85. The zero-order valence-corrected chi connectivity index (χ0v) is 9.85. The van der Waals surface area contributed by atoms with Gasteiger partial charge in [0.25, 0.3) is 0 Å². The van der Waals surface area contributed by atoms with Crippen LogP contribution < -0.4 is 5.32 Å². The molecule has 0 aromatic carbocycles. The third kappa shape index (κ3) is 3.90. The zero-order chi connectivity index (χ0) is 13.7. The van der Waals surface area contributed by atoms with E-state index in [-0.39, 0.29) is 0 Å². The Kier molecular flexibility index (Phi) is 3.94. The van der Waals surface area contributed by atoms with Crippen LogP contribution in [0.4, 0.5) is 19.0 Å². The van der Waals surface area contributed by atoms with Crippen LogP contribution in [0.1, 0.15) is 11.3 Å². The van der Waals surface area contributed by atoms with E-state index in [1.165, 1.54) is 6.07 Å². The van der Waals surface area contributed by atoms with Crippen molar-refractivity contribution in [3.63, 3.8) is 0 Å². The summed E-state index contributed by atoms with van der Waals surface area (Å²) in [7, 11) is 0. The summed E-state index contributed by atoms with van der Waals surface area (Å²) in [5.41, 5.74) is 0.0418. The first-order valence-corrected chi connectivity index (χ1v) is 5.59. The number of aromatic nitrogens is 3. The Hall–Kier alpha value is -2.18. The Morgan fingerprint density at radius 1 is 1.11 bits per heavy atom. The fraction of sp³-hybridized carbons (Fsp3) is 0.250. The summed E-state index contributed by atoms with van der Waals surface area (Å²) in [6.45, 7) is 0.547. The molecule has 100 valence electrons. The van der Waals surface area contributed by atoms with Crippen LogP contribution in [0.3, 0.4) is 0 Å². The molecule has 0 aliphatic heterocycles. The number of nitrogens with one attached hydrogen (secondary N) is 1. The van der Waals surface area contributed by atoms with Crippen LogP contribution in [-0.2, 0) is 12.6 Å². The molecule has 0 radical (unpaired) electrons. The van der Waals surface area contributed by atoms with Gasteiger partial charge in [0.15, 0.2) is 5.69 Å². The summed E-state index contributed by atoms with van der Waals surface area (Å²) in [6, 6.07) is 5.92. The molecule has 0 saturated carbocycles. The number of rotatable bonds is 4. The molecular weight excluding hydrogens is 257 g/mol. The Balaban J connectivity index is 1.87. The van der Waals surface area contributed by atoms with Crippen molar-refractivity contribution in [1.82, 2.24) is 15.2 Å². The molecule has 1 N–H and O–H groups in total. The summed E-state index contributed by atoms with van der Waals surface area (Å²) in [5, 5.41) is 9.51. The van der Waals surface area contributed by atoms with E-state index in [1.54, 1.807) is 12.4 Å². The van der Waals surface area contributed by atoms with Gasteiger partial charge in [-0.25, -0.2) is 0 Å². The van der Waals surface area contributed by atoms with Crippen LogP contribution in [0.25, 0.3) is 0 Å². The van der Waals surface area contributed by atoms with Gasteiger partial charge in [-0.1, -0.05) is 6.07 Å². The van der Waals surface area contributed by atoms with Crippen molar-refractivity contribution in [3.8, 4) is 0 Å². The molecule has 2 aromatic heterocycles. The van der Waals surface area contributed by atoms with Gasteiger partial charge in [-0.05, 0) is 30.2 Å². The number of anilines is 1. The Labute approximate surface area is 107 Å². The minimum atomic E-state index is -4.46. The minimum absolute atomic E-state index is 0.317. The molecule has 4 nitrogen and oxygen atoms in total. The third-order valence-electron chi connectivity index (χ3n) is 2.40. The molecule has 0 unspecified atom stereocenters. The van der Waals surface area contributed by atoms with Gasteiger partial charge in [-0.15, -0.1) is 10.2 Å². The maximum absolute atomic E-state index is 12.3. The van der Waals surface area contributed by atoms with Crippen LogP contribution in [0.2, 0.25) is 0 Å². The molecule has 0 fully saturated rings. The number of alkyl halides is 3. The van der Waals surface area contributed by atoms with E-state index >= 15 is 0 Å². The quantitative estimate of drug-likeness (QED) is 0.925. The Morgan fingerprint density at radius 3 is 2.53 bits per heavy atom. The highest BCUT2D eigenvalue weighted by Gasteiger charge is 2.32. The molecule has 0 atom stereocenters. The third-order valence-corrected chi connectivity index (χ3v) is 2.40. The molecule has 2 aromatic rings. The van der Waals surface area contributed by atoms with Gasteiger partial charge in [0, 0.05) is 18.9 Å². The maximum Gasteiger partial charge on any atom is 0.435 e. The van der Waals surface area contributed by atoms with Gasteiger partial charge in [0.2, 0.25) is 0 Å². The normalized spacial score (nSPS) is 11.3. The highest BCUT2D eigenvalue weighted by molar-refractivity contribution is 5.33. The summed E-state index contributed by atoms with van der Waals surface area (Å²) < 4.78 is 36.8. The summed E-state index contributed by atoms with van der Waals surface area (Å²) in [5.74, 6) is 0.317. The number of halogens is 3. The van der Waals surface area contributed by atoms with Gasteiger partial charge >= 0.3 is 6.18 Å². The van der Waals surface area contributed by atoms with Crippen molar-refractivity contribution in [2.24, 2.45) is 0 Å². The van der Waals surface area contributed by atoms with Crippen LogP contribution in [0.15, 0.2) is 36.7 Å². The molecular formula is C12H11F3N4. The average Bonchev–Trinajstić information content (AvgIpc) is 2.39. The van der Waals surface area contributed by atoms with E-state index in [0.717, 1.165) is 11.6 Å². The van der Waals surface area contributed by atoms with E-state index < -0.39 is 11.9 Å². The van der Waals surface area contributed by atoms with Crippen LogP contribution in [0.5, 0.6) is 0 Å². The van der Waals surface area contributed by atoms with Crippen molar-refractivity contribution < 1.29 is 13.2 Å². The molecule has 2 heterocycles. The van der Waals surface area contributed by atoms with Gasteiger partial charge in [0.05, 0.1) is 0 Å². The first kappa shape index (κ1) is 13.3. The Bertz CT molecular complexity index is 511. The summed E-state index contributed by atoms with van der Waals surface area (Å²) in [6.07, 6.45) is -0.337. The Morgan fingerprint density at radius 2 is 1.95 bits per heavy atom. The van der Waals surface area contributed by atoms with Crippen LogP contribution in [-0.4, -0.2) is 21.7 Å². The lowest BCUT2D eigenvalue weighted by Crippen LogP contribution is -2.11. The topological polar surface area (TPSA) is 50.7 Å². The SMILES string of the molecule is FC(F)(F)c1ccc(NCCc2cccnc2)nn1. The summed E-state index contributed by atoms with van der Waals surface area (Å²) >= 11 is 0. The largest absolute Gasteiger partial charge is 0.435 e. The molecule has 0 aliphatic carbocycles. The lowest BCUT2D eigenvalue weighted by Gasteiger charge is -2.07. The number of hydrogen-bond donors (Lipinski definition) is 1. The molecule has 0 spiro atoms. The number of nitrogens with zero attached hydrogens (tertiary/aromatic N) is 3. The predicted octanol–water partition coefficient (Wildman–Crippen LogP) is 2.54. The number of hydrogen-bond acceptors (Lipinski definition) is 4. The fourth-order valence-corrected chi connectivity index (χ4v) is 1.46. The van der Waals surface area contributed by atoms with E-state index in [9.17, 15) is 13.2 Å². The number of pyridine rings is 1. The molecule has 0 amide bonds. The smallest absolute Gasteiger partial charge is 0.368 e. The lowest BCUT2D eigenvalue weighted by atomic mass is 10.2. The van der Waals surface area contributed by atoms with Crippen LogP contribution in [0, 0.1) is 0 Å². The van der Waals surface area contributed by atoms with Gasteiger partial charge in [-0.2, -0.15) is 13.2 Å². The minimum Gasteiger partial charge on any atom is -0.368 e. The summed E-state index contributed by atoms with van der Waals surface area (Å²) in [4.78, 5) is 3.97. The van der Waals surface area contributed by atoms with Crippen molar-refractivity contribution in [1.29, 1.82) is 0 Å². The first-order chi connectivity index (χ1) is 9.05. The monoisotopic (exact) mass is 268 g/mol. The lowest BCUT2D eigenvalue weighted by molar-refractivity contribution is -0.141. The molecule has 19 heavy (non-hydrogen) atoms. The van der Waals surface area contributed by atoms with Crippen molar-refractivity contribution in [2.75, 3.05) is 11.9 Å². The van der Waals surface area contributed by atoms with Crippen molar-refractivity contribution in [2.45, 2.75) is 12.6 Å². The van der Waals surface area contributed by atoms with Gasteiger partial charge in [0.1, 0.15) is 5.82 Å². The van der Waals surface area contributed by atoms with Crippen LogP contribution >= 0.6 is 0 Å². The van der Waals surface area contributed by atoms with E-state index in [4.69, 9.17) is 0 Å². The molecule has 7 heteroatoms. The molecule has 0 bridgehead atoms. The second-order valence-corrected chi connectivity index (χ2v) is 3.84. The van der Waals surface area contributed by atoms with E-state index in [0.29, 0.717) is 18.8 Å². The first-order valence-electron chi connectivity index (χ1n) is 5.59.